The van der Waals surface area contributed by atoms with Gasteiger partial charge in [-0.15, -0.1) is 0 Å². The number of rotatable bonds is 9. The molecular formula is C41H38N8O4. The Kier molecular flexibility index (Phi) is 9.26. The van der Waals surface area contributed by atoms with Crippen molar-refractivity contribution in [2.24, 2.45) is 0 Å². The molecule has 0 aliphatic carbocycles. The summed E-state index contributed by atoms with van der Waals surface area (Å²) in [5, 5.41) is 21.9. The zero-order valence-corrected chi connectivity index (χ0v) is 28.9. The van der Waals surface area contributed by atoms with Gasteiger partial charge in [-0.1, -0.05) is 84.9 Å². The van der Waals surface area contributed by atoms with Crippen molar-refractivity contribution < 1.29 is 19.5 Å². The number of pyridine rings is 1. The standard InChI is InChI=1S/C41H38N8O4/c50-35-18-16-29(17-19-35)21-36-40(52)45(26-33-12-7-11-32-13-8-20-42-39(32)33)27-37-48(36)38(51)28-46(49(37)41(53)43-22-30-9-3-1-4-10-30)24-31-23-44-47(25-31)34-14-5-2-6-15-34/h1-20,23,25,36-37,50H,21-22,24,26-28H2,(H,43,53)/t36-,37-/m0/s1. The van der Waals surface area contributed by atoms with E-state index in [0.29, 0.717) is 0 Å². The molecule has 4 heterocycles. The van der Waals surface area contributed by atoms with Crippen molar-refractivity contribution in [3.8, 4) is 11.4 Å². The predicted molar refractivity (Wildman–Crippen MR) is 198 cm³/mol. The number of phenolic OH excluding ortho intramolecular Hbond substituents is 1. The second kappa shape index (κ2) is 14.6. The monoisotopic (exact) mass is 706 g/mol. The lowest BCUT2D eigenvalue weighted by molar-refractivity contribution is -0.192. The quantitative estimate of drug-likeness (QED) is 0.220. The Morgan fingerprint density at radius 3 is 2.36 bits per heavy atom. The number of fused-ring (bicyclic) bond motifs is 2. The fourth-order valence-corrected chi connectivity index (χ4v) is 7.26. The zero-order chi connectivity index (χ0) is 36.3. The number of hydrogen-bond donors (Lipinski definition) is 2. The number of aromatic nitrogens is 3. The number of nitrogens with zero attached hydrogens (tertiary/aromatic N) is 7. The largest absolute Gasteiger partial charge is 0.508 e. The smallest absolute Gasteiger partial charge is 0.334 e. The highest BCUT2D eigenvalue weighted by Crippen LogP contribution is 2.31. The van der Waals surface area contributed by atoms with Gasteiger partial charge in [0.2, 0.25) is 11.8 Å². The van der Waals surface area contributed by atoms with Crippen LogP contribution in [0.5, 0.6) is 5.75 Å². The molecule has 53 heavy (non-hydrogen) atoms. The van der Waals surface area contributed by atoms with Gasteiger partial charge in [-0.25, -0.2) is 19.5 Å². The number of carbonyl (C=O) groups excluding carboxylic acids is 3. The molecule has 266 valence electrons. The van der Waals surface area contributed by atoms with E-state index in [0.717, 1.165) is 38.8 Å². The van der Waals surface area contributed by atoms with Crippen LogP contribution in [0.4, 0.5) is 4.79 Å². The molecule has 2 aliphatic heterocycles. The van der Waals surface area contributed by atoms with Crippen LogP contribution in [0.2, 0.25) is 0 Å². The van der Waals surface area contributed by atoms with Crippen LogP contribution in [0.1, 0.15) is 22.3 Å². The van der Waals surface area contributed by atoms with Gasteiger partial charge in [0, 0.05) is 49.4 Å². The number of nitrogens with one attached hydrogen (secondary N) is 1. The predicted octanol–water partition coefficient (Wildman–Crippen LogP) is 4.88. The Bertz CT molecular complexity index is 2240. The maximum Gasteiger partial charge on any atom is 0.334 e. The number of para-hydroxylation sites is 2. The molecule has 12 heteroatoms. The van der Waals surface area contributed by atoms with Gasteiger partial charge in [-0.2, -0.15) is 5.10 Å². The van der Waals surface area contributed by atoms with Gasteiger partial charge in [0.25, 0.3) is 0 Å². The van der Waals surface area contributed by atoms with Crippen LogP contribution < -0.4 is 5.32 Å². The Balaban J connectivity index is 1.16. The van der Waals surface area contributed by atoms with Crippen molar-refractivity contribution in [3.63, 3.8) is 0 Å². The molecule has 6 aromatic rings. The van der Waals surface area contributed by atoms with Gasteiger partial charge >= 0.3 is 6.03 Å². The van der Waals surface area contributed by atoms with Gasteiger partial charge in [-0.05, 0) is 47.0 Å². The average molecular weight is 707 g/mol. The van der Waals surface area contributed by atoms with Crippen molar-refractivity contribution in [1.29, 1.82) is 0 Å². The third-order valence-electron chi connectivity index (χ3n) is 9.79. The second-order valence-electron chi connectivity index (χ2n) is 13.3. The molecular weight excluding hydrogens is 669 g/mol. The van der Waals surface area contributed by atoms with Crippen molar-refractivity contribution in [2.75, 3.05) is 13.1 Å². The number of hydrogen-bond acceptors (Lipinski definition) is 7. The molecule has 2 aromatic heterocycles. The first-order chi connectivity index (χ1) is 25.9. The van der Waals surface area contributed by atoms with Crippen molar-refractivity contribution in [1.82, 2.24) is 39.9 Å². The van der Waals surface area contributed by atoms with Crippen LogP contribution >= 0.6 is 0 Å². The second-order valence-corrected chi connectivity index (χ2v) is 13.3. The number of aromatic hydroxyl groups is 1. The fraction of sp³-hybridized carbons (Fsp3) is 0.195. The minimum Gasteiger partial charge on any atom is -0.508 e. The summed E-state index contributed by atoms with van der Waals surface area (Å²) in [6.07, 6.45) is 4.75. The van der Waals surface area contributed by atoms with E-state index < -0.39 is 18.2 Å². The molecule has 0 unspecified atom stereocenters. The zero-order valence-electron chi connectivity index (χ0n) is 28.9. The summed E-state index contributed by atoms with van der Waals surface area (Å²) in [6, 6.07) is 34.4. The average Bonchev–Trinajstić information content (AvgIpc) is 3.66. The summed E-state index contributed by atoms with van der Waals surface area (Å²) in [6.45, 7) is 0.696. The molecule has 0 radical (unpaired) electrons. The first-order valence-electron chi connectivity index (χ1n) is 17.6. The molecule has 8 rings (SSSR count). The van der Waals surface area contributed by atoms with Gasteiger partial charge in [0.15, 0.2) is 0 Å². The molecule has 2 saturated heterocycles. The molecule has 12 nitrogen and oxygen atoms in total. The molecule has 0 bridgehead atoms. The third-order valence-corrected chi connectivity index (χ3v) is 9.79. The molecule has 2 fully saturated rings. The number of hydrazine groups is 1. The maximum atomic E-state index is 14.6. The van der Waals surface area contributed by atoms with E-state index in [1.54, 1.807) is 61.2 Å². The van der Waals surface area contributed by atoms with Gasteiger partial charge in [0.05, 0.1) is 30.5 Å². The molecule has 2 N–H and O–H groups in total. The molecule has 4 amide bonds. The first-order valence-corrected chi connectivity index (χ1v) is 17.6. The van der Waals surface area contributed by atoms with E-state index in [4.69, 9.17) is 0 Å². The van der Waals surface area contributed by atoms with Crippen LogP contribution in [0, 0.1) is 0 Å². The first kappa shape index (κ1) is 33.6. The number of carbonyl (C=O) groups is 3. The van der Waals surface area contributed by atoms with Crippen LogP contribution in [0.25, 0.3) is 16.6 Å². The van der Waals surface area contributed by atoms with Crippen molar-refractivity contribution in [2.45, 2.75) is 38.3 Å². The molecule has 0 spiro atoms. The Hall–Kier alpha value is -6.53. The van der Waals surface area contributed by atoms with E-state index in [2.05, 4.69) is 15.4 Å². The summed E-state index contributed by atoms with van der Waals surface area (Å²) in [7, 11) is 0. The van der Waals surface area contributed by atoms with E-state index >= 15 is 0 Å². The topological polar surface area (TPSA) is 127 Å². The highest BCUT2D eigenvalue weighted by atomic mass is 16.3. The Labute approximate surface area is 306 Å². The Morgan fingerprint density at radius 1 is 0.811 bits per heavy atom. The minimum atomic E-state index is -0.902. The van der Waals surface area contributed by atoms with Gasteiger partial charge in [-0.3, -0.25) is 14.6 Å². The van der Waals surface area contributed by atoms with Crippen molar-refractivity contribution >= 4 is 28.7 Å². The number of urea groups is 1. The minimum absolute atomic E-state index is 0.0818. The summed E-state index contributed by atoms with van der Waals surface area (Å²) >= 11 is 0. The molecule has 2 atom stereocenters. The lowest BCUT2D eigenvalue weighted by Crippen LogP contribution is -2.76. The summed E-state index contributed by atoms with van der Waals surface area (Å²) in [5.74, 6) is -0.382. The number of piperazine rings is 1. The lowest BCUT2D eigenvalue weighted by atomic mass is 9.98. The maximum absolute atomic E-state index is 14.6. The lowest BCUT2D eigenvalue weighted by Gasteiger charge is -2.55. The molecule has 4 aromatic carbocycles. The number of benzene rings is 4. The van der Waals surface area contributed by atoms with E-state index in [1.165, 1.54) is 0 Å². The van der Waals surface area contributed by atoms with E-state index in [1.807, 2.05) is 97.2 Å². The van der Waals surface area contributed by atoms with E-state index in [9.17, 15) is 19.5 Å². The van der Waals surface area contributed by atoms with Crippen LogP contribution in [-0.4, -0.2) is 82.8 Å². The SMILES string of the molecule is O=C1[C@H](Cc2ccc(O)cc2)N2C(=O)CN(Cc3cnn(-c4ccccc4)c3)N(C(=O)NCc3ccccc3)[C@H]2CN1Cc1cccc2cccnc12. The Morgan fingerprint density at radius 2 is 1.57 bits per heavy atom. The highest BCUT2D eigenvalue weighted by molar-refractivity contribution is 5.92. The summed E-state index contributed by atoms with van der Waals surface area (Å²) in [4.78, 5) is 51.3. The third kappa shape index (κ3) is 7.04. The molecule has 2 aliphatic rings. The summed E-state index contributed by atoms with van der Waals surface area (Å²) in [5.41, 5.74) is 5.05. The highest BCUT2D eigenvalue weighted by Gasteiger charge is 2.51. The van der Waals surface area contributed by atoms with Crippen molar-refractivity contribution in [3.05, 3.63) is 156 Å². The molecule has 0 saturated carbocycles. The fourth-order valence-electron chi connectivity index (χ4n) is 7.26. The number of phenols is 1. The number of amides is 4. The van der Waals surface area contributed by atoms with Crippen LogP contribution in [-0.2, 0) is 35.6 Å². The van der Waals surface area contributed by atoms with Gasteiger partial charge < -0.3 is 20.2 Å². The van der Waals surface area contributed by atoms with Crippen LogP contribution in [0.3, 0.4) is 0 Å². The summed E-state index contributed by atoms with van der Waals surface area (Å²) < 4.78 is 1.76. The van der Waals surface area contributed by atoms with Crippen LogP contribution in [0.15, 0.2) is 134 Å². The van der Waals surface area contributed by atoms with E-state index in [-0.39, 0.29) is 56.7 Å². The normalized spacial score (nSPS) is 17.6. The van der Waals surface area contributed by atoms with Gasteiger partial charge in [0.1, 0.15) is 18.0 Å².